The van der Waals surface area contributed by atoms with Gasteiger partial charge in [0.2, 0.25) is 0 Å². The Morgan fingerprint density at radius 2 is 2.40 bits per heavy atom. The van der Waals surface area contributed by atoms with E-state index in [0.717, 1.165) is 16.3 Å². The number of nitrogens with one attached hydrogen (secondary N) is 1. The highest BCUT2D eigenvalue weighted by Gasteiger charge is 2.03. The van der Waals surface area contributed by atoms with Gasteiger partial charge < -0.3 is 5.73 Å². The Kier molecular flexibility index (Phi) is 4.62. The molecule has 1 atom stereocenters. The summed E-state index contributed by atoms with van der Waals surface area (Å²) in [6, 6.07) is 3.63. The number of amidine groups is 1. The SMILES string of the molecule is CCC(C)CSc1cc(C(=N)N)ccn1. The molecule has 3 N–H and O–H groups in total. The van der Waals surface area contributed by atoms with Crippen LogP contribution in [0.25, 0.3) is 0 Å². The van der Waals surface area contributed by atoms with E-state index in [1.807, 2.05) is 6.07 Å². The van der Waals surface area contributed by atoms with Crippen LogP contribution in [0.4, 0.5) is 0 Å². The topological polar surface area (TPSA) is 62.8 Å². The van der Waals surface area contributed by atoms with Crippen molar-refractivity contribution in [3.05, 3.63) is 23.9 Å². The summed E-state index contributed by atoms with van der Waals surface area (Å²) < 4.78 is 0. The number of hydrogen-bond donors (Lipinski definition) is 2. The van der Waals surface area contributed by atoms with E-state index < -0.39 is 0 Å². The van der Waals surface area contributed by atoms with Crippen molar-refractivity contribution in [2.24, 2.45) is 11.7 Å². The summed E-state index contributed by atoms with van der Waals surface area (Å²) in [5, 5.41) is 8.27. The molecule has 3 nitrogen and oxygen atoms in total. The van der Waals surface area contributed by atoms with E-state index >= 15 is 0 Å². The van der Waals surface area contributed by atoms with Gasteiger partial charge in [0.15, 0.2) is 0 Å². The molecule has 0 saturated heterocycles. The third-order valence-electron chi connectivity index (χ3n) is 2.26. The molecule has 0 aliphatic rings. The maximum atomic E-state index is 7.33. The minimum absolute atomic E-state index is 0.0998. The van der Waals surface area contributed by atoms with E-state index in [0.29, 0.717) is 5.92 Å². The molecular weight excluding hydrogens is 206 g/mol. The zero-order valence-corrected chi connectivity index (χ0v) is 9.97. The fraction of sp³-hybridized carbons (Fsp3) is 0.455. The maximum absolute atomic E-state index is 7.33. The number of pyridine rings is 1. The number of nitrogens with two attached hydrogens (primary N) is 1. The minimum atomic E-state index is 0.0998. The highest BCUT2D eigenvalue weighted by molar-refractivity contribution is 7.99. The van der Waals surface area contributed by atoms with Gasteiger partial charge in [0.1, 0.15) is 5.84 Å². The average Bonchev–Trinajstić information content (AvgIpc) is 2.26. The van der Waals surface area contributed by atoms with Crippen LogP contribution in [0.3, 0.4) is 0 Å². The monoisotopic (exact) mass is 223 g/mol. The van der Waals surface area contributed by atoms with Crippen LogP contribution in [0.1, 0.15) is 25.8 Å². The lowest BCUT2D eigenvalue weighted by Gasteiger charge is -2.07. The molecule has 0 spiro atoms. The lowest BCUT2D eigenvalue weighted by atomic mass is 10.2. The fourth-order valence-corrected chi connectivity index (χ4v) is 2.04. The predicted molar refractivity (Wildman–Crippen MR) is 65.4 cm³/mol. The van der Waals surface area contributed by atoms with Crippen molar-refractivity contribution >= 4 is 17.6 Å². The number of thioether (sulfide) groups is 1. The molecule has 82 valence electrons. The van der Waals surface area contributed by atoms with Crippen LogP contribution >= 0.6 is 11.8 Å². The van der Waals surface area contributed by atoms with Crippen molar-refractivity contribution in [1.29, 1.82) is 5.41 Å². The molecule has 0 fully saturated rings. The van der Waals surface area contributed by atoms with E-state index in [1.165, 1.54) is 6.42 Å². The Hall–Kier alpha value is -1.03. The largest absolute Gasteiger partial charge is 0.384 e. The summed E-state index contributed by atoms with van der Waals surface area (Å²) >= 11 is 1.72. The van der Waals surface area contributed by atoms with Crippen LogP contribution < -0.4 is 5.73 Å². The Balaban J connectivity index is 2.62. The number of nitrogens with zero attached hydrogens (tertiary/aromatic N) is 1. The Morgan fingerprint density at radius 3 is 3.00 bits per heavy atom. The minimum Gasteiger partial charge on any atom is -0.384 e. The molecule has 1 rings (SSSR count). The third kappa shape index (κ3) is 3.91. The number of rotatable bonds is 5. The second kappa shape index (κ2) is 5.75. The zero-order valence-electron chi connectivity index (χ0n) is 9.16. The lowest BCUT2D eigenvalue weighted by molar-refractivity contribution is 0.636. The van der Waals surface area contributed by atoms with Crippen molar-refractivity contribution in [1.82, 2.24) is 4.98 Å². The first-order valence-electron chi connectivity index (χ1n) is 5.06. The van der Waals surface area contributed by atoms with Gasteiger partial charge in [-0.15, -0.1) is 11.8 Å². The molecule has 0 bridgehead atoms. The normalized spacial score (nSPS) is 12.4. The lowest BCUT2D eigenvalue weighted by Crippen LogP contribution is -2.11. The number of hydrogen-bond acceptors (Lipinski definition) is 3. The Labute approximate surface area is 95.0 Å². The van der Waals surface area contributed by atoms with Crippen molar-refractivity contribution in [3.63, 3.8) is 0 Å². The molecule has 1 unspecified atom stereocenters. The van der Waals surface area contributed by atoms with Crippen LogP contribution in [0.5, 0.6) is 0 Å². The van der Waals surface area contributed by atoms with E-state index in [2.05, 4.69) is 18.8 Å². The van der Waals surface area contributed by atoms with Gasteiger partial charge in [-0.2, -0.15) is 0 Å². The molecule has 0 saturated carbocycles. The molecule has 15 heavy (non-hydrogen) atoms. The van der Waals surface area contributed by atoms with E-state index in [4.69, 9.17) is 11.1 Å². The van der Waals surface area contributed by atoms with Crippen molar-refractivity contribution in [2.45, 2.75) is 25.3 Å². The molecule has 4 heteroatoms. The molecule has 0 radical (unpaired) electrons. The predicted octanol–water partition coefficient (Wildman–Crippen LogP) is 2.50. The van der Waals surface area contributed by atoms with Crippen molar-refractivity contribution < 1.29 is 0 Å². The summed E-state index contributed by atoms with van der Waals surface area (Å²) in [5.74, 6) is 1.85. The third-order valence-corrected chi connectivity index (χ3v) is 3.51. The summed E-state index contributed by atoms with van der Waals surface area (Å²) in [6.07, 6.45) is 2.88. The molecule has 0 aromatic carbocycles. The molecule has 0 amide bonds. The van der Waals surface area contributed by atoms with Gasteiger partial charge in [0.25, 0.3) is 0 Å². The van der Waals surface area contributed by atoms with Crippen LogP contribution in [0.2, 0.25) is 0 Å². The van der Waals surface area contributed by atoms with Gasteiger partial charge in [-0.25, -0.2) is 4.98 Å². The second-order valence-electron chi connectivity index (χ2n) is 3.62. The second-order valence-corrected chi connectivity index (χ2v) is 4.66. The first kappa shape index (κ1) is 12.0. The van der Waals surface area contributed by atoms with Crippen molar-refractivity contribution in [3.8, 4) is 0 Å². The highest BCUT2D eigenvalue weighted by atomic mass is 32.2. The van der Waals surface area contributed by atoms with Crippen LogP contribution in [-0.4, -0.2) is 16.6 Å². The molecule has 1 heterocycles. The molecular formula is C11H17N3S. The van der Waals surface area contributed by atoms with E-state index in [-0.39, 0.29) is 5.84 Å². The maximum Gasteiger partial charge on any atom is 0.122 e. The first-order valence-corrected chi connectivity index (χ1v) is 6.05. The van der Waals surface area contributed by atoms with Gasteiger partial charge in [-0.05, 0) is 18.1 Å². The fourth-order valence-electron chi connectivity index (χ4n) is 1.00. The molecule has 1 aromatic heterocycles. The van der Waals surface area contributed by atoms with Gasteiger partial charge in [-0.1, -0.05) is 20.3 Å². The summed E-state index contributed by atoms with van der Waals surface area (Å²) in [7, 11) is 0. The van der Waals surface area contributed by atoms with Gasteiger partial charge in [0, 0.05) is 17.5 Å². The number of aromatic nitrogens is 1. The molecule has 0 aliphatic heterocycles. The van der Waals surface area contributed by atoms with Gasteiger partial charge in [0.05, 0.1) is 5.03 Å². The van der Waals surface area contributed by atoms with Gasteiger partial charge in [-0.3, -0.25) is 5.41 Å². The molecule has 0 aliphatic carbocycles. The van der Waals surface area contributed by atoms with Crippen LogP contribution in [-0.2, 0) is 0 Å². The summed E-state index contributed by atoms with van der Waals surface area (Å²) in [6.45, 7) is 4.41. The van der Waals surface area contributed by atoms with Crippen LogP contribution in [0, 0.1) is 11.3 Å². The quantitative estimate of drug-likeness (QED) is 0.458. The Morgan fingerprint density at radius 1 is 1.67 bits per heavy atom. The van der Waals surface area contributed by atoms with Crippen molar-refractivity contribution in [2.75, 3.05) is 5.75 Å². The smallest absolute Gasteiger partial charge is 0.122 e. The summed E-state index contributed by atoms with van der Waals surface area (Å²) in [4.78, 5) is 4.24. The molecule has 1 aromatic rings. The van der Waals surface area contributed by atoms with Gasteiger partial charge >= 0.3 is 0 Å². The van der Waals surface area contributed by atoms with E-state index in [1.54, 1.807) is 24.0 Å². The first-order chi connectivity index (χ1) is 7.13. The Bertz CT molecular complexity index is 338. The van der Waals surface area contributed by atoms with Crippen LogP contribution in [0.15, 0.2) is 23.4 Å². The highest BCUT2D eigenvalue weighted by Crippen LogP contribution is 2.20. The zero-order chi connectivity index (χ0) is 11.3. The standard InChI is InChI=1S/C11H17N3S/c1-3-8(2)7-15-10-6-9(11(12)13)4-5-14-10/h4-6,8H,3,7H2,1-2H3,(H3,12,13). The summed E-state index contributed by atoms with van der Waals surface area (Å²) in [5.41, 5.74) is 6.16. The average molecular weight is 223 g/mol. The number of nitrogen functional groups attached to an aromatic ring is 1. The van der Waals surface area contributed by atoms with E-state index in [9.17, 15) is 0 Å².